The van der Waals surface area contributed by atoms with Gasteiger partial charge in [-0.15, -0.1) is 12.4 Å². The number of hydrogen-bond donors (Lipinski definition) is 3. The monoisotopic (exact) mass is 264 g/mol. The van der Waals surface area contributed by atoms with Gasteiger partial charge in [0.05, 0.1) is 11.6 Å². The van der Waals surface area contributed by atoms with E-state index >= 15 is 0 Å². The summed E-state index contributed by atoms with van der Waals surface area (Å²) >= 11 is 0. The van der Waals surface area contributed by atoms with Gasteiger partial charge in [0.15, 0.2) is 0 Å². The number of rotatable bonds is 4. The standard InChI is InChI=1S/C12H24N2O2.ClH/c1-12(2,13)11(16)14-8-10(15)9-6-4-3-5-7-9;/h9-10,15H,3-8,13H2,1-2H3,(H,14,16);1H. The minimum absolute atomic E-state index is 0. The zero-order chi connectivity index (χ0) is 12.2. The van der Waals surface area contributed by atoms with Gasteiger partial charge >= 0.3 is 0 Å². The van der Waals surface area contributed by atoms with Crippen molar-refractivity contribution >= 4 is 18.3 Å². The molecule has 5 heteroatoms. The Labute approximate surface area is 110 Å². The highest BCUT2D eigenvalue weighted by atomic mass is 35.5. The molecule has 0 aromatic rings. The Morgan fingerprint density at radius 1 is 1.41 bits per heavy atom. The van der Waals surface area contributed by atoms with E-state index in [-0.39, 0.29) is 18.3 Å². The van der Waals surface area contributed by atoms with Gasteiger partial charge in [0.1, 0.15) is 0 Å². The third kappa shape index (κ3) is 5.70. The number of amides is 1. The molecule has 17 heavy (non-hydrogen) atoms. The van der Waals surface area contributed by atoms with Crippen molar-refractivity contribution in [3.05, 3.63) is 0 Å². The molecular weight excluding hydrogens is 240 g/mol. The van der Waals surface area contributed by atoms with E-state index in [4.69, 9.17) is 5.73 Å². The summed E-state index contributed by atoms with van der Waals surface area (Å²) in [5.41, 5.74) is 4.78. The molecule has 0 spiro atoms. The molecule has 1 atom stereocenters. The maximum absolute atomic E-state index is 11.5. The number of halogens is 1. The van der Waals surface area contributed by atoms with Crippen LogP contribution in [0.25, 0.3) is 0 Å². The maximum atomic E-state index is 11.5. The predicted octanol–water partition coefficient (Wildman–Crippen LogP) is 1.20. The average molecular weight is 265 g/mol. The fraction of sp³-hybridized carbons (Fsp3) is 0.917. The summed E-state index contributed by atoms with van der Waals surface area (Å²) in [6.07, 6.45) is 5.37. The molecule has 1 unspecified atom stereocenters. The first kappa shape index (κ1) is 16.7. The third-order valence-electron chi connectivity index (χ3n) is 3.25. The zero-order valence-electron chi connectivity index (χ0n) is 10.7. The Balaban J connectivity index is 0.00000256. The largest absolute Gasteiger partial charge is 0.391 e. The van der Waals surface area contributed by atoms with Crippen molar-refractivity contribution in [3.8, 4) is 0 Å². The highest BCUT2D eigenvalue weighted by Crippen LogP contribution is 2.26. The molecule has 4 N–H and O–H groups in total. The quantitative estimate of drug-likeness (QED) is 0.714. The van der Waals surface area contributed by atoms with Crippen molar-refractivity contribution in [3.63, 3.8) is 0 Å². The van der Waals surface area contributed by atoms with Crippen LogP contribution < -0.4 is 11.1 Å². The normalized spacial score (nSPS) is 19.3. The number of aliphatic hydroxyl groups excluding tert-OH is 1. The molecule has 0 heterocycles. The SMILES string of the molecule is CC(C)(N)C(=O)NCC(O)C1CCCCC1.Cl. The Morgan fingerprint density at radius 3 is 2.41 bits per heavy atom. The van der Waals surface area contributed by atoms with Gasteiger partial charge in [0.2, 0.25) is 5.91 Å². The van der Waals surface area contributed by atoms with Crippen LogP contribution in [0.1, 0.15) is 46.0 Å². The molecule has 0 saturated heterocycles. The molecule has 102 valence electrons. The molecule has 1 saturated carbocycles. The van der Waals surface area contributed by atoms with Gasteiger partial charge in [-0.25, -0.2) is 0 Å². The number of nitrogens with two attached hydrogens (primary N) is 1. The van der Waals surface area contributed by atoms with E-state index in [0.717, 1.165) is 12.8 Å². The van der Waals surface area contributed by atoms with E-state index in [2.05, 4.69) is 5.32 Å². The minimum Gasteiger partial charge on any atom is -0.391 e. The fourth-order valence-electron chi connectivity index (χ4n) is 2.11. The summed E-state index contributed by atoms with van der Waals surface area (Å²) < 4.78 is 0. The highest BCUT2D eigenvalue weighted by molar-refractivity contribution is 5.85. The van der Waals surface area contributed by atoms with Gasteiger partial charge in [-0.05, 0) is 32.6 Å². The molecule has 4 nitrogen and oxygen atoms in total. The first-order chi connectivity index (χ1) is 7.41. The van der Waals surface area contributed by atoms with Crippen LogP contribution >= 0.6 is 12.4 Å². The highest BCUT2D eigenvalue weighted by Gasteiger charge is 2.25. The van der Waals surface area contributed by atoms with E-state index in [0.29, 0.717) is 12.5 Å². The van der Waals surface area contributed by atoms with Crippen LogP contribution in [0, 0.1) is 5.92 Å². The summed E-state index contributed by atoms with van der Waals surface area (Å²) in [6.45, 7) is 3.65. The minimum atomic E-state index is -0.869. The number of nitrogens with one attached hydrogen (secondary N) is 1. The lowest BCUT2D eigenvalue weighted by atomic mass is 9.85. The van der Waals surface area contributed by atoms with Crippen LogP contribution in [-0.4, -0.2) is 29.2 Å². The lowest BCUT2D eigenvalue weighted by Crippen LogP contribution is -2.51. The lowest BCUT2D eigenvalue weighted by molar-refractivity contribution is -0.125. The van der Waals surface area contributed by atoms with Crippen LogP contribution in [0.4, 0.5) is 0 Å². The van der Waals surface area contributed by atoms with Crippen LogP contribution in [0.2, 0.25) is 0 Å². The average Bonchev–Trinajstić information content (AvgIpc) is 2.25. The van der Waals surface area contributed by atoms with Gasteiger partial charge in [0.25, 0.3) is 0 Å². The topological polar surface area (TPSA) is 75.4 Å². The van der Waals surface area contributed by atoms with E-state index < -0.39 is 11.6 Å². The first-order valence-electron chi connectivity index (χ1n) is 6.16. The second-order valence-electron chi connectivity index (χ2n) is 5.40. The first-order valence-corrected chi connectivity index (χ1v) is 6.16. The molecule has 1 amide bonds. The Morgan fingerprint density at radius 2 is 1.94 bits per heavy atom. The molecule has 0 aromatic carbocycles. The predicted molar refractivity (Wildman–Crippen MR) is 71.1 cm³/mol. The Bertz CT molecular complexity index is 235. The second kappa shape index (κ2) is 7.19. The molecular formula is C12H25ClN2O2. The van der Waals surface area contributed by atoms with Crippen molar-refractivity contribution in [1.82, 2.24) is 5.32 Å². The van der Waals surface area contributed by atoms with Gasteiger partial charge in [-0.2, -0.15) is 0 Å². The molecule has 0 aromatic heterocycles. The molecule has 0 radical (unpaired) electrons. The van der Waals surface area contributed by atoms with E-state index in [9.17, 15) is 9.90 Å². The van der Waals surface area contributed by atoms with Crippen LogP contribution in [-0.2, 0) is 4.79 Å². The number of aliphatic hydroxyl groups is 1. The summed E-state index contributed by atoms with van der Waals surface area (Å²) in [4.78, 5) is 11.5. The Kier molecular flexibility index (Phi) is 7.05. The Hall–Kier alpha value is -0.320. The molecule has 1 aliphatic carbocycles. The van der Waals surface area contributed by atoms with Gasteiger partial charge in [-0.3, -0.25) is 4.79 Å². The third-order valence-corrected chi connectivity index (χ3v) is 3.25. The summed E-state index contributed by atoms with van der Waals surface area (Å²) in [5.74, 6) is 0.136. The molecule has 1 aliphatic rings. The van der Waals surface area contributed by atoms with Crippen LogP contribution in [0.3, 0.4) is 0 Å². The van der Waals surface area contributed by atoms with E-state index in [1.54, 1.807) is 13.8 Å². The number of hydrogen-bond acceptors (Lipinski definition) is 3. The van der Waals surface area contributed by atoms with E-state index in [1.165, 1.54) is 19.3 Å². The van der Waals surface area contributed by atoms with Crippen LogP contribution in [0.5, 0.6) is 0 Å². The number of carbonyl (C=O) groups is 1. The summed E-state index contributed by atoms with van der Waals surface area (Å²) in [6, 6.07) is 0. The van der Waals surface area contributed by atoms with Gasteiger partial charge in [0, 0.05) is 6.54 Å². The number of carbonyl (C=O) groups excluding carboxylic acids is 1. The van der Waals surface area contributed by atoms with E-state index in [1.807, 2.05) is 0 Å². The van der Waals surface area contributed by atoms with Crippen molar-refractivity contribution in [2.45, 2.75) is 57.6 Å². The summed E-state index contributed by atoms with van der Waals surface area (Å²) in [7, 11) is 0. The molecule has 1 fully saturated rings. The van der Waals surface area contributed by atoms with Crippen molar-refractivity contribution < 1.29 is 9.90 Å². The molecule has 0 bridgehead atoms. The van der Waals surface area contributed by atoms with Gasteiger partial charge in [-0.1, -0.05) is 19.3 Å². The smallest absolute Gasteiger partial charge is 0.239 e. The van der Waals surface area contributed by atoms with Crippen molar-refractivity contribution in [1.29, 1.82) is 0 Å². The zero-order valence-corrected chi connectivity index (χ0v) is 11.6. The van der Waals surface area contributed by atoms with Gasteiger partial charge < -0.3 is 16.2 Å². The lowest BCUT2D eigenvalue weighted by Gasteiger charge is -2.27. The second-order valence-corrected chi connectivity index (χ2v) is 5.40. The molecule has 0 aliphatic heterocycles. The summed E-state index contributed by atoms with van der Waals surface area (Å²) in [5, 5.41) is 12.6. The maximum Gasteiger partial charge on any atom is 0.239 e. The van der Waals surface area contributed by atoms with Crippen molar-refractivity contribution in [2.75, 3.05) is 6.54 Å². The van der Waals surface area contributed by atoms with Crippen molar-refractivity contribution in [2.24, 2.45) is 11.7 Å². The molecule has 1 rings (SSSR count). The van der Waals surface area contributed by atoms with Crippen LogP contribution in [0.15, 0.2) is 0 Å². The fourth-order valence-corrected chi connectivity index (χ4v) is 2.11.